The van der Waals surface area contributed by atoms with Crippen LogP contribution in [0.4, 0.5) is 0 Å². The lowest BCUT2D eigenvalue weighted by Crippen LogP contribution is -2.61. The number of aliphatic hydroxyl groups excluding tert-OH is 1. The van der Waals surface area contributed by atoms with E-state index in [1.165, 1.54) is 31.2 Å². The number of aliphatic carboxylic acids is 2. The van der Waals surface area contributed by atoms with Gasteiger partial charge in [0, 0.05) is 12.8 Å². The molecule has 21 heteroatoms. The third-order valence-electron chi connectivity index (χ3n) is 7.69. The van der Waals surface area contributed by atoms with Crippen molar-refractivity contribution in [1.29, 1.82) is 0 Å². The SMILES string of the molecule is CC[C@H](C)[C@H](NC(=O)[C@H](CC(=O)O)NC(=O)[C@@H](N)CCC(N)=O)C(=O)N[C@@H](CC(N)=O)C(=O)N[C@@H](CO)C(=O)N[C@@H](Cc1ccc(O)cc1)C(=O)O. The molecular formula is C31H46N8O13. The number of benzene rings is 1. The Balaban J connectivity index is 3.16. The standard InChI is InChI=1S/C31H46N8O13/c1-3-14(2)25(39-28(48)19(12-24(44)45)35-26(46)17(32)8-9-22(33)42)30(50)36-18(11-23(34)43)27(47)38-21(13-40)29(49)37-20(31(51)52)10-15-4-6-16(41)7-5-15/h4-7,14,17-21,25,40-41H,3,8-13,32H2,1-2H3,(H2,33,42)(H2,34,43)(H,35,46)(H,36,50)(H,37,49)(H,38,47)(H,39,48)(H,44,45)(H,51,52)/t14-,17-,18-,19-,20-,21-,25-/m0/s1. The van der Waals surface area contributed by atoms with Crippen LogP contribution in [0.2, 0.25) is 0 Å². The largest absolute Gasteiger partial charge is 0.508 e. The summed E-state index contributed by atoms with van der Waals surface area (Å²) in [5.41, 5.74) is 16.4. The second kappa shape index (κ2) is 21.4. The Labute approximate surface area is 297 Å². The Morgan fingerprint density at radius 1 is 0.692 bits per heavy atom. The van der Waals surface area contributed by atoms with Crippen molar-refractivity contribution in [2.45, 2.75) is 88.6 Å². The van der Waals surface area contributed by atoms with E-state index in [2.05, 4.69) is 26.6 Å². The van der Waals surface area contributed by atoms with E-state index in [0.29, 0.717) is 5.56 Å². The lowest BCUT2D eigenvalue weighted by molar-refractivity contribution is -0.143. The molecule has 0 saturated heterocycles. The van der Waals surface area contributed by atoms with Gasteiger partial charge >= 0.3 is 11.9 Å². The summed E-state index contributed by atoms with van der Waals surface area (Å²) < 4.78 is 0. The average Bonchev–Trinajstić information content (AvgIpc) is 3.07. The molecule has 0 fully saturated rings. The molecule has 7 atom stereocenters. The molecule has 0 heterocycles. The van der Waals surface area contributed by atoms with E-state index in [4.69, 9.17) is 17.2 Å². The zero-order chi connectivity index (χ0) is 39.7. The fraction of sp³-hybridized carbons (Fsp3) is 0.516. The number of carboxylic acids is 2. The van der Waals surface area contributed by atoms with Gasteiger partial charge in [-0.2, -0.15) is 0 Å². The summed E-state index contributed by atoms with van der Waals surface area (Å²) >= 11 is 0. The Hall–Kier alpha value is -5.83. The van der Waals surface area contributed by atoms with Crippen LogP contribution in [0.1, 0.15) is 51.5 Å². The van der Waals surface area contributed by atoms with Crippen LogP contribution in [0.15, 0.2) is 24.3 Å². The first-order chi connectivity index (χ1) is 24.3. The van der Waals surface area contributed by atoms with Gasteiger partial charge in [0.2, 0.25) is 41.4 Å². The van der Waals surface area contributed by atoms with Gasteiger partial charge in [0.25, 0.3) is 0 Å². The molecule has 0 aliphatic rings. The van der Waals surface area contributed by atoms with Crippen LogP contribution >= 0.6 is 0 Å². The minimum atomic E-state index is -1.79. The van der Waals surface area contributed by atoms with E-state index in [0.717, 1.165) is 0 Å². The molecule has 0 radical (unpaired) electrons. The maximum atomic E-state index is 13.5. The van der Waals surface area contributed by atoms with Crippen molar-refractivity contribution in [1.82, 2.24) is 26.6 Å². The number of carbonyl (C=O) groups excluding carboxylic acids is 7. The van der Waals surface area contributed by atoms with Crippen molar-refractivity contribution < 1.29 is 63.6 Å². The predicted molar refractivity (Wildman–Crippen MR) is 178 cm³/mol. The molecule has 21 nitrogen and oxygen atoms in total. The minimum absolute atomic E-state index is 0.0792. The number of amides is 7. The number of hydrogen-bond donors (Lipinski definition) is 12. The van der Waals surface area contributed by atoms with Crippen LogP contribution in [0, 0.1) is 5.92 Å². The van der Waals surface area contributed by atoms with Crippen molar-refractivity contribution >= 4 is 53.3 Å². The molecule has 1 rings (SSSR count). The van der Waals surface area contributed by atoms with Gasteiger partial charge in [-0.3, -0.25) is 38.4 Å². The molecule has 0 unspecified atom stereocenters. The highest BCUT2D eigenvalue weighted by Gasteiger charge is 2.35. The number of phenolic OH excluding ortho intramolecular Hbond substituents is 1. The second-order valence-corrected chi connectivity index (χ2v) is 11.9. The number of carbonyl (C=O) groups is 9. The van der Waals surface area contributed by atoms with Crippen molar-refractivity contribution in [2.75, 3.05) is 6.61 Å². The summed E-state index contributed by atoms with van der Waals surface area (Å²) in [6.45, 7) is 2.10. The summed E-state index contributed by atoms with van der Waals surface area (Å²) in [6, 6.07) is -4.24. The van der Waals surface area contributed by atoms with Crippen LogP contribution in [0.25, 0.3) is 0 Å². The van der Waals surface area contributed by atoms with Crippen molar-refractivity contribution in [3.05, 3.63) is 29.8 Å². The summed E-state index contributed by atoms with van der Waals surface area (Å²) in [5.74, 6) is -11.1. The summed E-state index contributed by atoms with van der Waals surface area (Å²) in [6.07, 6.45) is -2.25. The zero-order valence-electron chi connectivity index (χ0n) is 28.5. The van der Waals surface area contributed by atoms with Crippen LogP contribution in [-0.4, -0.2) is 117 Å². The second-order valence-electron chi connectivity index (χ2n) is 11.9. The molecule has 288 valence electrons. The molecule has 15 N–H and O–H groups in total. The summed E-state index contributed by atoms with van der Waals surface area (Å²) in [7, 11) is 0. The van der Waals surface area contributed by atoms with Crippen LogP contribution in [0.5, 0.6) is 5.75 Å². The Kier molecular flexibility index (Phi) is 18.2. The van der Waals surface area contributed by atoms with E-state index in [1.807, 2.05) is 0 Å². The Morgan fingerprint density at radius 3 is 1.69 bits per heavy atom. The highest BCUT2D eigenvalue weighted by Crippen LogP contribution is 2.13. The van der Waals surface area contributed by atoms with Gasteiger partial charge in [-0.15, -0.1) is 0 Å². The zero-order valence-corrected chi connectivity index (χ0v) is 28.5. The topological polar surface area (TPSA) is 373 Å². The first kappa shape index (κ1) is 44.2. The quantitative estimate of drug-likeness (QED) is 0.0503. The van der Waals surface area contributed by atoms with Gasteiger partial charge in [-0.25, -0.2) is 4.79 Å². The highest BCUT2D eigenvalue weighted by atomic mass is 16.4. The van der Waals surface area contributed by atoms with Crippen molar-refractivity contribution in [3.63, 3.8) is 0 Å². The molecule has 1 aromatic carbocycles. The smallest absolute Gasteiger partial charge is 0.326 e. The number of phenols is 1. The molecule has 7 amide bonds. The van der Waals surface area contributed by atoms with E-state index in [1.54, 1.807) is 6.92 Å². The summed E-state index contributed by atoms with van der Waals surface area (Å²) in [5, 5.41) is 49.2. The molecule has 0 saturated carbocycles. The van der Waals surface area contributed by atoms with Crippen LogP contribution < -0.4 is 43.8 Å². The lowest BCUT2D eigenvalue weighted by atomic mass is 9.97. The number of aromatic hydroxyl groups is 1. The monoisotopic (exact) mass is 738 g/mol. The van der Waals surface area contributed by atoms with Gasteiger partial charge in [-0.1, -0.05) is 32.4 Å². The number of rotatable bonds is 23. The van der Waals surface area contributed by atoms with E-state index in [-0.39, 0.29) is 31.4 Å². The summed E-state index contributed by atoms with van der Waals surface area (Å²) in [4.78, 5) is 111. The molecule has 0 bridgehead atoms. The molecule has 0 spiro atoms. The number of primary amides is 2. The molecule has 52 heavy (non-hydrogen) atoms. The van der Waals surface area contributed by atoms with Gasteiger partial charge < -0.3 is 64.2 Å². The number of nitrogens with one attached hydrogen (secondary N) is 5. The van der Waals surface area contributed by atoms with Crippen LogP contribution in [-0.2, 0) is 49.6 Å². The number of nitrogens with two attached hydrogens (primary N) is 3. The number of carboxylic acid groups (broad SMARTS) is 2. The normalized spacial score (nSPS) is 14.8. The van der Waals surface area contributed by atoms with Gasteiger partial charge in [0.1, 0.15) is 36.0 Å². The van der Waals surface area contributed by atoms with Crippen molar-refractivity contribution in [3.8, 4) is 5.75 Å². The Bertz CT molecular complexity index is 1470. The fourth-order valence-electron chi connectivity index (χ4n) is 4.53. The van der Waals surface area contributed by atoms with Crippen LogP contribution in [0.3, 0.4) is 0 Å². The third kappa shape index (κ3) is 15.4. The molecule has 0 aliphatic carbocycles. The molecule has 1 aromatic rings. The first-order valence-corrected chi connectivity index (χ1v) is 16.0. The lowest BCUT2D eigenvalue weighted by Gasteiger charge is -2.28. The molecular weight excluding hydrogens is 692 g/mol. The Morgan fingerprint density at radius 2 is 1.19 bits per heavy atom. The van der Waals surface area contributed by atoms with Crippen molar-refractivity contribution in [2.24, 2.45) is 23.1 Å². The fourth-order valence-corrected chi connectivity index (χ4v) is 4.53. The minimum Gasteiger partial charge on any atom is -0.508 e. The van der Waals surface area contributed by atoms with Gasteiger partial charge in [0.05, 0.1) is 25.5 Å². The molecule has 0 aromatic heterocycles. The average molecular weight is 739 g/mol. The number of hydrogen-bond acceptors (Lipinski definition) is 12. The van der Waals surface area contributed by atoms with E-state index < -0.39 is 115 Å². The van der Waals surface area contributed by atoms with Gasteiger partial charge in [0.15, 0.2) is 0 Å². The van der Waals surface area contributed by atoms with Gasteiger partial charge in [-0.05, 0) is 30.0 Å². The first-order valence-electron chi connectivity index (χ1n) is 16.0. The maximum Gasteiger partial charge on any atom is 0.326 e. The van der Waals surface area contributed by atoms with E-state index >= 15 is 0 Å². The van der Waals surface area contributed by atoms with E-state index in [9.17, 15) is 63.6 Å². The maximum absolute atomic E-state index is 13.5. The predicted octanol–water partition coefficient (Wildman–Crippen LogP) is -4.58. The number of aliphatic hydroxyl groups is 1. The molecule has 0 aliphatic heterocycles. The third-order valence-corrected chi connectivity index (χ3v) is 7.69. The highest BCUT2D eigenvalue weighted by molar-refractivity contribution is 5.98.